The Morgan fingerprint density at radius 1 is 0.952 bits per heavy atom. The molecule has 0 saturated carbocycles. The van der Waals surface area contributed by atoms with Gasteiger partial charge in [-0.05, 0) is 53.4 Å². The highest BCUT2D eigenvalue weighted by Crippen LogP contribution is 2.29. The Morgan fingerprint density at radius 3 is 2.10 bits per heavy atom. The lowest BCUT2D eigenvalue weighted by Gasteiger charge is -2.22. The van der Waals surface area contributed by atoms with Crippen LogP contribution in [-0.4, -0.2) is 16.1 Å². The quantitative estimate of drug-likeness (QED) is 0.738. The Labute approximate surface area is 124 Å². The summed E-state index contributed by atoms with van der Waals surface area (Å²) in [5.74, 6) is 0.0414. The number of anilines is 1. The number of phenols is 2. The Bertz CT molecular complexity index is 655. The van der Waals surface area contributed by atoms with E-state index in [9.17, 15) is 15.0 Å². The summed E-state index contributed by atoms with van der Waals surface area (Å²) in [6.07, 6.45) is 0. The molecule has 0 bridgehead atoms. The number of benzene rings is 2. The molecule has 2 rings (SSSR count). The summed E-state index contributed by atoms with van der Waals surface area (Å²) in [7, 11) is 0. The molecule has 0 fully saturated rings. The molecule has 0 aromatic heterocycles. The number of amides is 1. The minimum atomic E-state index is -0.264. The molecule has 110 valence electrons. The van der Waals surface area contributed by atoms with Gasteiger partial charge in [-0.25, -0.2) is 0 Å². The molecule has 4 nitrogen and oxygen atoms in total. The molecule has 0 atom stereocenters. The molecule has 2 aromatic rings. The smallest absolute Gasteiger partial charge is 0.255 e. The van der Waals surface area contributed by atoms with Gasteiger partial charge in [0, 0.05) is 11.3 Å². The van der Waals surface area contributed by atoms with Crippen LogP contribution in [-0.2, 0) is 5.41 Å². The molecule has 4 heteroatoms. The molecule has 1 amide bonds. The maximum Gasteiger partial charge on any atom is 0.255 e. The van der Waals surface area contributed by atoms with Crippen molar-refractivity contribution in [2.45, 2.75) is 26.2 Å². The molecular formula is C17H19NO3. The molecule has 0 saturated heterocycles. The van der Waals surface area contributed by atoms with Gasteiger partial charge in [0.2, 0.25) is 0 Å². The van der Waals surface area contributed by atoms with Crippen molar-refractivity contribution in [3.8, 4) is 11.5 Å². The molecule has 0 heterocycles. The van der Waals surface area contributed by atoms with E-state index in [2.05, 4.69) is 5.32 Å². The monoisotopic (exact) mass is 285 g/mol. The Hall–Kier alpha value is -2.49. The van der Waals surface area contributed by atoms with Gasteiger partial charge in [-0.3, -0.25) is 4.79 Å². The van der Waals surface area contributed by atoms with Gasteiger partial charge < -0.3 is 15.5 Å². The van der Waals surface area contributed by atoms with E-state index < -0.39 is 0 Å². The van der Waals surface area contributed by atoms with Crippen LogP contribution in [0.5, 0.6) is 11.5 Å². The van der Waals surface area contributed by atoms with E-state index >= 15 is 0 Å². The molecule has 0 aliphatic carbocycles. The number of carbonyl (C=O) groups excluding carboxylic acids is 1. The fourth-order valence-electron chi connectivity index (χ4n) is 2.09. The van der Waals surface area contributed by atoms with Gasteiger partial charge in [-0.2, -0.15) is 0 Å². The predicted octanol–water partition coefficient (Wildman–Crippen LogP) is 3.65. The van der Waals surface area contributed by atoms with Crippen molar-refractivity contribution in [2.24, 2.45) is 0 Å². The van der Waals surface area contributed by atoms with Crippen LogP contribution in [0, 0.1) is 0 Å². The largest absolute Gasteiger partial charge is 0.508 e. The van der Waals surface area contributed by atoms with Gasteiger partial charge in [0.15, 0.2) is 0 Å². The minimum absolute atomic E-state index is 0.140. The Morgan fingerprint density at radius 2 is 1.52 bits per heavy atom. The first-order chi connectivity index (χ1) is 9.77. The first-order valence-electron chi connectivity index (χ1n) is 6.71. The van der Waals surface area contributed by atoms with Gasteiger partial charge in [0.05, 0.1) is 0 Å². The van der Waals surface area contributed by atoms with Crippen molar-refractivity contribution in [1.29, 1.82) is 0 Å². The third-order valence-electron chi connectivity index (χ3n) is 3.18. The highest BCUT2D eigenvalue weighted by Gasteiger charge is 2.22. The topological polar surface area (TPSA) is 69.6 Å². The first kappa shape index (κ1) is 14.9. The lowest BCUT2D eigenvalue weighted by Crippen LogP contribution is -2.20. The second-order valence-electron chi connectivity index (χ2n) is 5.98. The van der Waals surface area contributed by atoms with Gasteiger partial charge >= 0.3 is 0 Å². The Kier molecular flexibility index (Phi) is 3.89. The van der Waals surface area contributed by atoms with Gasteiger partial charge in [-0.15, -0.1) is 0 Å². The second kappa shape index (κ2) is 5.48. The van der Waals surface area contributed by atoms with Crippen molar-refractivity contribution < 1.29 is 15.0 Å². The lowest BCUT2D eigenvalue weighted by molar-refractivity contribution is 0.102. The van der Waals surface area contributed by atoms with E-state index in [0.29, 0.717) is 11.3 Å². The maximum atomic E-state index is 12.4. The molecule has 0 spiro atoms. The molecule has 0 radical (unpaired) electrons. The SMILES string of the molecule is CC(C)(C)c1cc(O)ccc1C(=O)Nc1ccc(O)cc1. The number of aromatic hydroxyl groups is 2. The van der Waals surface area contributed by atoms with Crippen LogP contribution in [0.25, 0.3) is 0 Å². The summed E-state index contributed by atoms with van der Waals surface area (Å²) in [5, 5.41) is 21.7. The number of carbonyl (C=O) groups is 1. The van der Waals surface area contributed by atoms with E-state index in [0.717, 1.165) is 5.56 Å². The van der Waals surface area contributed by atoms with Crippen LogP contribution >= 0.6 is 0 Å². The zero-order chi connectivity index (χ0) is 15.6. The van der Waals surface area contributed by atoms with E-state index in [1.165, 1.54) is 18.2 Å². The van der Waals surface area contributed by atoms with Crippen LogP contribution in [0.4, 0.5) is 5.69 Å². The highest BCUT2D eigenvalue weighted by atomic mass is 16.3. The van der Waals surface area contributed by atoms with Crippen LogP contribution in [0.3, 0.4) is 0 Å². The summed E-state index contributed by atoms with van der Waals surface area (Å²) in [5.41, 5.74) is 1.64. The molecular weight excluding hydrogens is 266 g/mol. The summed E-state index contributed by atoms with van der Waals surface area (Å²) in [6, 6.07) is 11.0. The molecule has 21 heavy (non-hydrogen) atoms. The molecule has 2 aromatic carbocycles. The Balaban J connectivity index is 2.33. The highest BCUT2D eigenvalue weighted by molar-refractivity contribution is 6.05. The van der Waals surface area contributed by atoms with E-state index in [4.69, 9.17) is 0 Å². The van der Waals surface area contributed by atoms with Crippen LogP contribution in [0.2, 0.25) is 0 Å². The van der Waals surface area contributed by atoms with Crippen molar-refractivity contribution in [3.05, 3.63) is 53.6 Å². The molecule has 0 unspecified atom stereocenters. The van der Waals surface area contributed by atoms with Crippen molar-refractivity contribution in [2.75, 3.05) is 5.32 Å². The van der Waals surface area contributed by atoms with E-state index in [1.54, 1.807) is 24.3 Å². The molecule has 3 N–H and O–H groups in total. The number of nitrogens with one attached hydrogen (secondary N) is 1. The maximum absolute atomic E-state index is 12.4. The average molecular weight is 285 g/mol. The van der Waals surface area contributed by atoms with Crippen molar-refractivity contribution in [1.82, 2.24) is 0 Å². The fourth-order valence-corrected chi connectivity index (χ4v) is 2.09. The summed E-state index contributed by atoms with van der Waals surface area (Å²) >= 11 is 0. The zero-order valence-corrected chi connectivity index (χ0v) is 12.3. The second-order valence-corrected chi connectivity index (χ2v) is 5.98. The lowest BCUT2D eigenvalue weighted by atomic mass is 9.83. The summed E-state index contributed by atoms with van der Waals surface area (Å²) < 4.78 is 0. The first-order valence-corrected chi connectivity index (χ1v) is 6.71. The van der Waals surface area contributed by atoms with Gasteiger partial charge in [0.1, 0.15) is 11.5 Å². The van der Waals surface area contributed by atoms with Gasteiger partial charge in [0.25, 0.3) is 5.91 Å². The van der Waals surface area contributed by atoms with Crippen molar-refractivity contribution in [3.63, 3.8) is 0 Å². The number of phenolic OH excluding ortho intramolecular Hbond substituents is 2. The third-order valence-corrected chi connectivity index (χ3v) is 3.18. The number of hydrogen-bond donors (Lipinski definition) is 3. The number of hydrogen-bond acceptors (Lipinski definition) is 3. The third kappa shape index (κ3) is 3.54. The molecule has 0 aliphatic heterocycles. The summed E-state index contributed by atoms with van der Waals surface area (Å²) in [4.78, 5) is 12.4. The van der Waals surface area contributed by atoms with E-state index in [1.807, 2.05) is 20.8 Å². The fraction of sp³-hybridized carbons (Fsp3) is 0.235. The number of rotatable bonds is 2. The van der Waals surface area contributed by atoms with Crippen LogP contribution in [0.1, 0.15) is 36.7 Å². The van der Waals surface area contributed by atoms with Gasteiger partial charge in [-0.1, -0.05) is 20.8 Å². The van der Waals surface area contributed by atoms with E-state index in [-0.39, 0.29) is 22.8 Å². The normalized spacial score (nSPS) is 11.2. The zero-order valence-electron chi connectivity index (χ0n) is 12.3. The molecule has 0 aliphatic rings. The van der Waals surface area contributed by atoms with Crippen LogP contribution < -0.4 is 5.32 Å². The summed E-state index contributed by atoms with van der Waals surface area (Å²) in [6.45, 7) is 5.96. The predicted molar refractivity (Wildman–Crippen MR) is 82.9 cm³/mol. The standard InChI is InChI=1S/C17H19NO3/c1-17(2,3)15-10-13(20)8-9-14(15)16(21)18-11-4-6-12(19)7-5-11/h4-10,19-20H,1-3H3,(H,18,21). The van der Waals surface area contributed by atoms with Crippen molar-refractivity contribution >= 4 is 11.6 Å². The minimum Gasteiger partial charge on any atom is -0.508 e. The average Bonchev–Trinajstić information content (AvgIpc) is 2.40. The van der Waals surface area contributed by atoms with Crippen LogP contribution in [0.15, 0.2) is 42.5 Å².